The molecule has 114 valence electrons. The van der Waals surface area contributed by atoms with Crippen LogP contribution in [0.3, 0.4) is 0 Å². The van der Waals surface area contributed by atoms with Crippen LogP contribution in [0.1, 0.15) is 23.7 Å². The molecule has 2 rings (SSSR count). The summed E-state index contributed by atoms with van der Waals surface area (Å²) in [6.07, 6.45) is 2.74. The molecule has 0 aliphatic rings. The van der Waals surface area contributed by atoms with E-state index in [0.29, 0.717) is 5.69 Å². The van der Waals surface area contributed by atoms with Gasteiger partial charge in [0.1, 0.15) is 0 Å². The number of nitrogens with zero attached hydrogens (tertiary/aromatic N) is 2. The molecule has 1 aromatic heterocycles. The van der Waals surface area contributed by atoms with Crippen LogP contribution in [0.25, 0.3) is 10.9 Å². The van der Waals surface area contributed by atoms with Crippen molar-refractivity contribution in [3.63, 3.8) is 0 Å². The maximum atomic E-state index is 12.8. The van der Waals surface area contributed by atoms with E-state index in [2.05, 4.69) is 16.8 Å². The van der Waals surface area contributed by atoms with Crippen LogP contribution in [0, 0.1) is 0 Å². The molecule has 0 radical (unpaired) electrons. The van der Waals surface area contributed by atoms with Crippen molar-refractivity contribution in [2.24, 2.45) is 0 Å². The topological polar surface area (TPSA) is 65.4 Å². The number of carbonyl (C=O) groups is 1. The third-order valence-corrected chi connectivity index (χ3v) is 3.53. The average molecular weight is 288 g/mol. The predicted octanol–water partition coefficient (Wildman–Crippen LogP) is 2.16. The van der Waals surface area contributed by atoms with Gasteiger partial charge in [-0.3, -0.25) is 4.79 Å². The minimum atomic E-state index is 0.0784. The highest BCUT2D eigenvalue weighted by atomic mass is 16.2. The summed E-state index contributed by atoms with van der Waals surface area (Å²) in [6, 6.07) is 5.59. The van der Waals surface area contributed by atoms with Gasteiger partial charge in [0, 0.05) is 42.4 Å². The van der Waals surface area contributed by atoms with Gasteiger partial charge in [-0.15, -0.1) is 0 Å². The monoisotopic (exact) mass is 288 g/mol. The maximum Gasteiger partial charge on any atom is 0.256 e. The fraction of sp³-hybridized carbons (Fsp3) is 0.438. The van der Waals surface area contributed by atoms with Gasteiger partial charge in [0.05, 0.1) is 5.56 Å². The van der Waals surface area contributed by atoms with Gasteiger partial charge >= 0.3 is 0 Å². The van der Waals surface area contributed by atoms with Crippen LogP contribution in [0.4, 0.5) is 5.69 Å². The lowest BCUT2D eigenvalue weighted by molar-refractivity contribution is 0.0747. The summed E-state index contributed by atoms with van der Waals surface area (Å²) in [6.45, 7) is 4.46. The molecule has 5 nitrogen and oxygen atoms in total. The lowest BCUT2D eigenvalue weighted by Gasteiger charge is -2.23. The molecule has 0 aliphatic carbocycles. The molecular formula is C16H24N4O. The third-order valence-electron chi connectivity index (χ3n) is 3.53. The zero-order valence-corrected chi connectivity index (χ0v) is 13.0. The van der Waals surface area contributed by atoms with E-state index in [-0.39, 0.29) is 5.91 Å². The second kappa shape index (κ2) is 6.63. The number of anilines is 1. The number of H-pyrrole nitrogens is 1. The molecule has 0 saturated carbocycles. The molecule has 0 aliphatic heterocycles. The molecule has 0 spiro atoms. The van der Waals surface area contributed by atoms with Gasteiger partial charge in [-0.1, -0.05) is 6.92 Å². The van der Waals surface area contributed by atoms with E-state index in [1.807, 2.05) is 37.2 Å². The maximum absolute atomic E-state index is 12.8. The zero-order valence-electron chi connectivity index (χ0n) is 13.0. The summed E-state index contributed by atoms with van der Waals surface area (Å²) in [5, 5.41) is 0.931. The van der Waals surface area contributed by atoms with Crippen molar-refractivity contribution in [3.05, 3.63) is 30.0 Å². The van der Waals surface area contributed by atoms with Gasteiger partial charge < -0.3 is 20.5 Å². The van der Waals surface area contributed by atoms with Crippen molar-refractivity contribution in [2.75, 3.05) is 39.5 Å². The number of rotatable bonds is 6. The number of nitrogens with one attached hydrogen (secondary N) is 1. The summed E-state index contributed by atoms with van der Waals surface area (Å²) >= 11 is 0. The van der Waals surface area contributed by atoms with E-state index in [4.69, 9.17) is 5.73 Å². The first-order valence-electron chi connectivity index (χ1n) is 7.33. The second-order valence-corrected chi connectivity index (χ2v) is 5.60. The first-order valence-corrected chi connectivity index (χ1v) is 7.33. The Hall–Kier alpha value is -2.01. The smallest absolute Gasteiger partial charge is 0.256 e. The number of fused-ring (bicyclic) bond motifs is 1. The highest BCUT2D eigenvalue weighted by Gasteiger charge is 2.18. The number of nitrogen functional groups attached to an aromatic ring is 1. The molecule has 3 N–H and O–H groups in total. The van der Waals surface area contributed by atoms with E-state index >= 15 is 0 Å². The normalized spacial score (nSPS) is 11.2. The Labute approximate surface area is 125 Å². The number of amides is 1. The van der Waals surface area contributed by atoms with Crippen molar-refractivity contribution in [2.45, 2.75) is 13.3 Å². The lowest BCUT2D eigenvalue weighted by atomic mass is 10.1. The van der Waals surface area contributed by atoms with Gasteiger partial charge in [-0.2, -0.15) is 0 Å². The molecular weight excluding hydrogens is 264 g/mol. The number of aromatic amines is 1. The Kier molecular flexibility index (Phi) is 4.85. The van der Waals surface area contributed by atoms with E-state index < -0.39 is 0 Å². The first kappa shape index (κ1) is 15.4. The molecule has 1 heterocycles. The van der Waals surface area contributed by atoms with Crippen LogP contribution in [0.15, 0.2) is 24.4 Å². The van der Waals surface area contributed by atoms with Crippen molar-refractivity contribution in [1.82, 2.24) is 14.8 Å². The number of nitrogens with two attached hydrogens (primary N) is 1. The van der Waals surface area contributed by atoms with Gasteiger partial charge in [-0.25, -0.2) is 0 Å². The molecule has 21 heavy (non-hydrogen) atoms. The lowest BCUT2D eigenvalue weighted by Crippen LogP contribution is -2.37. The largest absolute Gasteiger partial charge is 0.399 e. The quantitative estimate of drug-likeness (QED) is 0.801. The van der Waals surface area contributed by atoms with Crippen LogP contribution < -0.4 is 5.73 Å². The van der Waals surface area contributed by atoms with Crippen molar-refractivity contribution in [3.8, 4) is 0 Å². The van der Waals surface area contributed by atoms with Crippen LogP contribution in [-0.4, -0.2) is 54.4 Å². The van der Waals surface area contributed by atoms with Crippen LogP contribution in [0.5, 0.6) is 0 Å². The SMILES string of the molecule is CCCN(CCN(C)C)C(=O)c1c[nH]c2cc(N)ccc12. The molecule has 0 saturated heterocycles. The standard InChI is InChI=1S/C16H24N4O/c1-4-7-20(9-8-19(2)3)16(21)14-11-18-15-10-12(17)5-6-13(14)15/h5-6,10-11,18H,4,7-9,17H2,1-3H3. The number of hydrogen-bond acceptors (Lipinski definition) is 3. The zero-order chi connectivity index (χ0) is 15.4. The third kappa shape index (κ3) is 3.55. The fourth-order valence-electron chi connectivity index (χ4n) is 2.40. The number of carbonyl (C=O) groups excluding carboxylic acids is 1. The van der Waals surface area contributed by atoms with Gasteiger partial charge in [0.15, 0.2) is 0 Å². The Balaban J connectivity index is 2.25. The molecule has 1 aromatic carbocycles. The van der Waals surface area contributed by atoms with Crippen molar-refractivity contribution < 1.29 is 4.79 Å². The number of likely N-dealkylation sites (N-methyl/N-ethyl adjacent to an activating group) is 1. The molecule has 1 amide bonds. The Morgan fingerprint density at radius 3 is 2.67 bits per heavy atom. The summed E-state index contributed by atoms with van der Waals surface area (Å²) in [5.74, 6) is 0.0784. The summed E-state index contributed by atoms with van der Waals surface area (Å²) in [4.78, 5) is 19.9. The Bertz CT molecular complexity index is 618. The number of benzene rings is 1. The predicted molar refractivity (Wildman–Crippen MR) is 87.5 cm³/mol. The summed E-state index contributed by atoms with van der Waals surface area (Å²) in [7, 11) is 4.03. The molecule has 0 atom stereocenters. The fourth-order valence-corrected chi connectivity index (χ4v) is 2.40. The van der Waals surface area contributed by atoms with Crippen LogP contribution in [0.2, 0.25) is 0 Å². The minimum absolute atomic E-state index is 0.0784. The number of hydrogen-bond donors (Lipinski definition) is 2. The Morgan fingerprint density at radius 2 is 2.00 bits per heavy atom. The molecule has 0 bridgehead atoms. The van der Waals surface area contributed by atoms with E-state index in [0.717, 1.165) is 42.5 Å². The summed E-state index contributed by atoms with van der Waals surface area (Å²) in [5.41, 5.74) is 8.10. The molecule has 5 heteroatoms. The molecule has 0 unspecified atom stereocenters. The highest BCUT2D eigenvalue weighted by molar-refractivity contribution is 6.07. The van der Waals surface area contributed by atoms with Gasteiger partial charge in [0.25, 0.3) is 5.91 Å². The first-order chi connectivity index (χ1) is 10.0. The van der Waals surface area contributed by atoms with Gasteiger partial charge in [-0.05, 0) is 38.7 Å². The highest BCUT2D eigenvalue weighted by Crippen LogP contribution is 2.22. The Morgan fingerprint density at radius 1 is 1.24 bits per heavy atom. The molecule has 2 aromatic rings. The van der Waals surface area contributed by atoms with E-state index in [1.54, 1.807) is 6.20 Å². The van der Waals surface area contributed by atoms with E-state index in [1.165, 1.54) is 0 Å². The van der Waals surface area contributed by atoms with Crippen LogP contribution in [-0.2, 0) is 0 Å². The van der Waals surface area contributed by atoms with Crippen molar-refractivity contribution in [1.29, 1.82) is 0 Å². The number of aromatic nitrogens is 1. The van der Waals surface area contributed by atoms with Gasteiger partial charge in [0.2, 0.25) is 0 Å². The average Bonchev–Trinajstić information content (AvgIpc) is 2.85. The van der Waals surface area contributed by atoms with Crippen molar-refractivity contribution >= 4 is 22.5 Å². The molecule has 0 fully saturated rings. The minimum Gasteiger partial charge on any atom is -0.399 e. The van der Waals surface area contributed by atoms with E-state index in [9.17, 15) is 4.79 Å². The second-order valence-electron chi connectivity index (χ2n) is 5.60. The summed E-state index contributed by atoms with van der Waals surface area (Å²) < 4.78 is 0. The van der Waals surface area contributed by atoms with Crippen LogP contribution >= 0.6 is 0 Å².